The van der Waals surface area contributed by atoms with Crippen LogP contribution in [0.1, 0.15) is 17.3 Å². The number of nitro groups is 1. The van der Waals surface area contributed by atoms with Crippen LogP contribution in [-0.4, -0.2) is 49.0 Å². The van der Waals surface area contributed by atoms with Gasteiger partial charge >= 0.3 is 11.7 Å². The molecule has 0 aromatic heterocycles. The maximum atomic E-state index is 12.3. The van der Waals surface area contributed by atoms with Gasteiger partial charge in [-0.05, 0) is 13.0 Å². The summed E-state index contributed by atoms with van der Waals surface area (Å²) < 4.78 is 9.70. The van der Waals surface area contributed by atoms with Crippen LogP contribution < -0.4 is 4.74 Å². The molecular weight excluding hydrogens is 280 g/mol. The van der Waals surface area contributed by atoms with Crippen molar-refractivity contribution in [2.75, 3.05) is 27.3 Å². The molecule has 0 unspecified atom stereocenters. The number of methoxy groups -OCH3 is 1. The molecule has 1 amide bonds. The number of amides is 1. The molecule has 8 nitrogen and oxygen atoms in total. The predicted octanol–water partition coefficient (Wildman–Crippen LogP) is 1.24. The Hall–Kier alpha value is -2.64. The zero-order chi connectivity index (χ0) is 16.0. The SMILES string of the molecule is CCOC(=O)CN(C)C(=O)c1cccc([N+](=O)[O-])c1OC. The third kappa shape index (κ3) is 3.91. The largest absolute Gasteiger partial charge is 0.490 e. The van der Waals surface area contributed by atoms with Crippen molar-refractivity contribution in [2.24, 2.45) is 0 Å². The van der Waals surface area contributed by atoms with Gasteiger partial charge in [0, 0.05) is 13.1 Å². The lowest BCUT2D eigenvalue weighted by Crippen LogP contribution is -2.33. The predicted molar refractivity (Wildman–Crippen MR) is 73.2 cm³/mol. The number of likely N-dealkylation sites (N-methyl/N-ethyl adjacent to an activating group) is 1. The molecular formula is C13H16N2O6. The van der Waals surface area contributed by atoms with Gasteiger partial charge in [-0.1, -0.05) is 6.07 Å². The van der Waals surface area contributed by atoms with Crippen molar-refractivity contribution in [3.05, 3.63) is 33.9 Å². The van der Waals surface area contributed by atoms with E-state index in [1.54, 1.807) is 6.92 Å². The summed E-state index contributed by atoms with van der Waals surface area (Å²) >= 11 is 0. The number of carbonyl (C=O) groups is 2. The van der Waals surface area contributed by atoms with Gasteiger partial charge in [0.15, 0.2) is 0 Å². The molecule has 8 heteroatoms. The second-order valence-corrected chi connectivity index (χ2v) is 4.08. The number of rotatable bonds is 6. The number of hydrogen-bond donors (Lipinski definition) is 0. The normalized spacial score (nSPS) is 9.86. The van der Waals surface area contributed by atoms with Crippen LogP contribution in [0.15, 0.2) is 18.2 Å². The highest BCUT2D eigenvalue weighted by Gasteiger charge is 2.25. The summed E-state index contributed by atoms with van der Waals surface area (Å²) in [7, 11) is 2.64. The second kappa shape index (κ2) is 7.22. The maximum absolute atomic E-state index is 12.3. The van der Waals surface area contributed by atoms with Crippen LogP contribution in [0.3, 0.4) is 0 Å². The summed E-state index contributed by atoms with van der Waals surface area (Å²) in [5, 5.41) is 10.9. The van der Waals surface area contributed by atoms with Crippen LogP contribution in [0.25, 0.3) is 0 Å². The lowest BCUT2D eigenvalue weighted by Gasteiger charge is -2.17. The Labute approximate surface area is 121 Å². The molecule has 0 bridgehead atoms. The molecule has 1 aromatic carbocycles. The quantitative estimate of drug-likeness (QED) is 0.445. The van der Waals surface area contributed by atoms with Crippen LogP contribution in [0, 0.1) is 10.1 Å². The smallest absolute Gasteiger partial charge is 0.325 e. The van der Waals surface area contributed by atoms with E-state index in [1.165, 1.54) is 32.4 Å². The number of benzene rings is 1. The topological polar surface area (TPSA) is 99.0 Å². The minimum absolute atomic E-state index is 0.0125. The molecule has 21 heavy (non-hydrogen) atoms. The van der Waals surface area contributed by atoms with Crippen molar-refractivity contribution in [2.45, 2.75) is 6.92 Å². The van der Waals surface area contributed by atoms with E-state index in [4.69, 9.17) is 9.47 Å². The average Bonchev–Trinajstić information content (AvgIpc) is 2.45. The summed E-state index contributed by atoms with van der Waals surface area (Å²) in [4.78, 5) is 35.0. The van der Waals surface area contributed by atoms with Crippen LogP contribution in [-0.2, 0) is 9.53 Å². The van der Waals surface area contributed by atoms with Crippen molar-refractivity contribution < 1.29 is 24.0 Å². The lowest BCUT2D eigenvalue weighted by atomic mass is 10.1. The summed E-state index contributed by atoms with van der Waals surface area (Å²) in [6, 6.07) is 4.02. The third-order valence-corrected chi connectivity index (χ3v) is 2.64. The van der Waals surface area contributed by atoms with Crippen molar-refractivity contribution in [3.63, 3.8) is 0 Å². The Morgan fingerprint density at radius 2 is 2.05 bits per heavy atom. The number of hydrogen-bond acceptors (Lipinski definition) is 6. The molecule has 114 valence electrons. The molecule has 0 atom stereocenters. The first-order valence-corrected chi connectivity index (χ1v) is 6.14. The van der Waals surface area contributed by atoms with Crippen molar-refractivity contribution in [1.82, 2.24) is 4.90 Å². The van der Waals surface area contributed by atoms with Gasteiger partial charge in [0.05, 0.1) is 24.2 Å². The summed E-state index contributed by atoms with van der Waals surface area (Å²) in [6.07, 6.45) is 0. The molecule has 1 aromatic rings. The highest BCUT2D eigenvalue weighted by Crippen LogP contribution is 2.31. The molecule has 0 heterocycles. The molecule has 0 radical (unpaired) electrons. The van der Waals surface area contributed by atoms with Crippen LogP contribution in [0.2, 0.25) is 0 Å². The first-order valence-electron chi connectivity index (χ1n) is 6.14. The van der Waals surface area contributed by atoms with Gasteiger partial charge in [-0.25, -0.2) is 0 Å². The van der Waals surface area contributed by atoms with E-state index in [2.05, 4.69) is 0 Å². The molecule has 0 aliphatic carbocycles. The van der Waals surface area contributed by atoms with Gasteiger partial charge in [0.25, 0.3) is 5.91 Å². The summed E-state index contributed by atoms with van der Waals surface area (Å²) in [6.45, 7) is 1.61. The Bertz CT molecular complexity index is 558. The third-order valence-electron chi connectivity index (χ3n) is 2.64. The van der Waals surface area contributed by atoms with Gasteiger partial charge < -0.3 is 14.4 Å². The number of esters is 1. The number of carbonyl (C=O) groups excluding carboxylic acids is 2. The number of nitro benzene ring substituents is 1. The maximum Gasteiger partial charge on any atom is 0.325 e. The molecule has 0 N–H and O–H groups in total. The zero-order valence-corrected chi connectivity index (χ0v) is 12.0. The Balaban J connectivity index is 3.04. The van der Waals surface area contributed by atoms with E-state index in [0.717, 1.165) is 4.90 Å². The minimum atomic E-state index is -0.638. The fraction of sp³-hybridized carbons (Fsp3) is 0.385. The highest BCUT2D eigenvalue weighted by atomic mass is 16.6. The number of nitrogens with zero attached hydrogens (tertiary/aromatic N) is 2. The van der Waals surface area contributed by atoms with Crippen LogP contribution >= 0.6 is 0 Å². The van der Waals surface area contributed by atoms with Gasteiger partial charge in [0.2, 0.25) is 5.75 Å². The van der Waals surface area contributed by atoms with Gasteiger partial charge in [-0.3, -0.25) is 19.7 Å². The summed E-state index contributed by atoms with van der Waals surface area (Å²) in [5.74, 6) is -1.26. The lowest BCUT2D eigenvalue weighted by molar-refractivity contribution is -0.385. The Kier molecular flexibility index (Phi) is 5.65. The van der Waals surface area contributed by atoms with E-state index >= 15 is 0 Å². The molecule has 0 aliphatic heterocycles. The van der Waals surface area contributed by atoms with E-state index in [0.29, 0.717) is 0 Å². The Morgan fingerprint density at radius 1 is 1.38 bits per heavy atom. The number of ether oxygens (including phenoxy) is 2. The Morgan fingerprint density at radius 3 is 2.57 bits per heavy atom. The standard InChI is InChI=1S/C13H16N2O6/c1-4-21-11(16)8-14(2)13(17)9-6-5-7-10(15(18)19)12(9)20-3/h5-7H,4,8H2,1-3H3. The number of para-hydroxylation sites is 1. The van der Waals surface area contributed by atoms with E-state index in [-0.39, 0.29) is 30.2 Å². The first-order chi connectivity index (χ1) is 9.92. The van der Waals surface area contributed by atoms with Crippen LogP contribution in [0.5, 0.6) is 5.75 Å². The average molecular weight is 296 g/mol. The van der Waals surface area contributed by atoms with E-state index in [9.17, 15) is 19.7 Å². The first kappa shape index (κ1) is 16.4. The van der Waals surface area contributed by atoms with Crippen LogP contribution in [0.4, 0.5) is 5.69 Å². The van der Waals surface area contributed by atoms with Crippen molar-refractivity contribution >= 4 is 17.6 Å². The minimum Gasteiger partial charge on any atom is -0.490 e. The molecule has 0 saturated heterocycles. The van der Waals surface area contributed by atoms with Crippen molar-refractivity contribution in [3.8, 4) is 5.75 Å². The fourth-order valence-electron chi connectivity index (χ4n) is 1.73. The zero-order valence-electron chi connectivity index (χ0n) is 12.0. The highest BCUT2D eigenvalue weighted by molar-refractivity contribution is 5.99. The fourth-order valence-corrected chi connectivity index (χ4v) is 1.73. The molecule has 0 fully saturated rings. The van der Waals surface area contributed by atoms with E-state index in [1.807, 2.05) is 0 Å². The molecule has 0 aliphatic rings. The monoisotopic (exact) mass is 296 g/mol. The van der Waals surface area contributed by atoms with Gasteiger partial charge in [-0.2, -0.15) is 0 Å². The molecule has 0 spiro atoms. The van der Waals surface area contributed by atoms with Gasteiger partial charge in [0.1, 0.15) is 6.54 Å². The van der Waals surface area contributed by atoms with Gasteiger partial charge in [-0.15, -0.1) is 0 Å². The van der Waals surface area contributed by atoms with E-state index < -0.39 is 16.8 Å². The summed E-state index contributed by atoms with van der Waals surface area (Å²) in [5.41, 5.74) is -0.300. The molecule has 1 rings (SSSR count). The second-order valence-electron chi connectivity index (χ2n) is 4.08. The molecule has 0 saturated carbocycles. The van der Waals surface area contributed by atoms with Crippen molar-refractivity contribution in [1.29, 1.82) is 0 Å².